The highest BCUT2D eigenvalue weighted by atomic mass is 16.2. The van der Waals surface area contributed by atoms with E-state index in [9.17, 15) is 4.79 Å². The monoisotopic (exact) mass is 329 g/mol. The second-order valence-corrected chi connectivity index (χ2v) is 7.21. The number of rotatable bonds is 4. The average molecular weight is 329 g/mol. The number of likely N-dealkylation sites (tertiary alicyclic amines) is 1. The topological polar surface area (TPSA) is 36.4 Å². The zero-order valence-electron chi connectivity index (χ0n) is 15.2. The summed E-state index contributed by atoms with van der Waals surface area (Å²) >= 11 is 0. The fourth-order valence-corrected chi connectivity index (χ4v) is 4.29. The second-order valence-electron chi connectivity index (χ2n) is 7.21. The first-order chi connectivity index (χ1) is 11.7. The molecule has 4 nitrogen and oxygen atoms in total. The molecule has 4 heteroatoms. The van der Waals surface area contributed by atoms with E-state index in [1.54, 1.807) is 0 Å². The molecule has 24 heavy (non-hydrogen) atoms. The van der Waals surface area contributed by atoms with Crippen LogP contribution in [0.25, 0.3) is 0 Å². The van der Waals surface area contributed by atoms with Crippen LogP contribution in [-0.4, -0.2) is 41.0 Å². The number of hydrogen-bond donors (Lipinski definition) is 0. The van der Waals surface area contributed by atoms with Crippen LogP contribution >= 0.6 is 0 Å². The Labute approximate surface area is 146 Å². The largest absolute Gasteiger partial charge is 0.367 e. The van der Waals surface area contributed by atoms with E-state index in [1.807, 2.05) is 17.2 Å². The van der Waals surface area contributed by atoms with Gasteiger partial charge in [0.1, 0.15) is 5.69 Å². The molecule has 0 aromatic carbocycles. The van der Waals surface area contributed by atoms with Crippen molar-refractivity contribution in [2.45, 2.75) is 77.3 Å². The van der Waals surface area contributed by atoms with Gasteiger partial charge in [0.25, 0.3) is 5.91 Å². The van der Waals surface area contributed by atoms with Gasteiger partial charge in [0, 0.05) is 25.2 Å². The van der Waals surface area contributed by atoms with Crippen molar-refractivity contribution in [3.05, 3.63) is 24.0 Å². The molecule has 0 saturated carbocycles. The van der Waals surface area contributed by atoms with Crippen molar-refractivity contribution in [3.63, 3.8) is 0 Å². The third-order valence-electron chi connectivity index (χ3n) is 5.76. The summed E-state index contributed by atoms with van der Waals surface area (Å²) in [5.74, 6) is 0.110. The van der Waals surface area contributed by atoms with E-state index in [2.05, 4.69) is 29.8 Å². The van der Waals surface area contributed by atoms with Crippen LogP contribution in [0, 0.1) is 0 Å². The number of pyridine rings is 1. The zero-order valence-corrected chi connectivity index (χ0v) is 15.2. The number of carbonyl (C=O) groups excluding carboxylic acids is 1. The van der Waals surface area contributed by atoms with Gasteiger partial charge in [-0.05, 0) is 63.5 Å². The van der Waals surface area contributed by atoms with Crippen molar-refractivity contribution in [2.75, 3.05) is 18.0 Å². The van der Waals surface area contributed by atoms with Gasteiger partial charge in [-0.2, -0.15) is 0 Å². The van der Waals surface area contributed by atoms with E-state index in [-0.39, 0.29) is 5.91 Å². The number of piperidine rings is 2. The van der Waals surface area contributed by atoms with Crippen molar-refractivity contribution in [2.24, 2.45) is 0 Å². The van der Waals surface area contributed by atoms with Gasteiger partial charge in [0.05, 0.1) is 11.9 Å². The van der Waals surface area contributed by atoms with Crippen molar-refractivity contribution in [1.82, 2.24) is 9.88 Å². The summed E-state index contributed by atoms with van der Waals surface area (Å²) in [5, 5.41) is 0. The van der Waals surface area contributed by atoms with Crippen LogP contribution in [-0.2, 0) is 0 Å². The first-order valence-electron chi connectivity index (χ1n) is 9.78. The highest BCUT2D eigenvalue weighted by Gasteiger charge is 2.27. The lowest BCUT2D eigenvalue weighted by Crippen LogP contribution is -2.43. The van der Waals surface area contributed by atoms with Gasteiger partial charge in [-0.3, -0.25) is 4.79 Å². The van der Waals surface area contributed by atoms with E-state index in [0.29, 0.717) is 17.8 Å². The molecule has 2 unspecified atom stereocenters. The predicted octanol–water partition coefficient (Wildman–Crippen LogP) is 4.26. The number of anilines is 1. The van der Waals surface area contributed by atoms with Crippen molar-refractivity contribution < 1.29 is 4.79 Å². The average Bonchev–Trinajstić information content (AvgIpc) is 2.67. The van der Waals surface area contributed by atoms with Gasteiger partial charge in [-0.25, -0.2) is 4.98 Å². The minimum Gasteiger partial charge on any atom is -0.367 e. The second kappa shape index (κ2) is 8.00. The first-order valence-corrected chi connectivity index (χ1v) is 9.78. The summed E-state index contributed by atoms with van der Waals surface area (Å²) in [4.78, 5) is 21.9. The van der Waals surface area contributed by atoms with E-state index in [0.717, 1.165) is 32.4 Å². The van der Waals surface area contributed by atoms with Crippen LogP contribution in [0.2, 0.25) is 0 Å². The molecule has 3 rings (SSSR count). The SMILES string of the molecule is CCC1CCCCN1C(=O)c1ccc(N2CCCCC2CC)cn1. The van der Waals surface area contributed by atoms with Gasteiger partial charge in [0.15, 0.2) is 0 Å². The third-order valence-corrected chi connectivity index (χ3v) is 5.76. The molecule has 0 N–H and O–H groups in total. The molecule has 2 aliphatic rings. The molecule has 0 aliphatic carbocycles. The van der Waals surface area contributed by atoms with Crippen molar-refractivity contribution in [3.8, 4) is 0 Å². The molecule has 132 valence electrons. The Kier molecular flexibility index (Phi) is 5.75. The minimum atomic E-state index is 0.110. The molecule has 2 aliphatic heterocycles. The summed E-state index contributed by atoms with van der Waals surface area (Å²) < 4.78 is 0. The van der Waals surface area contributed by atoms with Crippen LogP contribution in [0.5, 0.6) is 0 Å². The zero-order chi connectivity index (χ0) is 16.9. The Bertz CT molecular complexity index is 542. The van der Waals surface area contributed by atoms with Crippen LogP contribution in [0.4, 0.5) is 5.69 Å². The van der Waals surface area contributed by atoms with Crippen LogP contribution in [0.3, 0.4) is 0 Å². The standard InChI is InChI=1S/C20H31N3O/c1-3-16-9-5-7-13-22(16)18-11-12-19(21-15-18)20(24)23-14-8-6-10-17(23)4-2/h11-12,15-17H,3-10,13-14H2,1-2H3. The Hall–Kier alpha value is -1.58. The van der Waals surface area contributed by atoms with Crippen molar-refractivity contribution >= 4 is 11.6 Å². The molecule has 0 bridgehead atoms. The predicted molar refractivity (Wildman–Crippen MR) is 98.5 cm³/mol. The highest BCUT2D eigenvalue weighted by Crippen LogP contribution is 2.27. The van der Waals surface area contributed by atoms with Crippen LogP contribution in [0.15, 0.2) is 18.3 Å². The molecule has 0 radical (unpaired) electrons. The quantitative estimate of drug-likeness (QED) is 0.828. The van der Waals surface area contributed by atoms with Gasteiger partial charge in [-0.15, -0.1) is 0 Å². The third kappa shape index (κ3) is 3.57. The maximum atomic E-state index is 12.8. The van der Waals surface area contributed by atoms with Gasteiger partial charge in [0.2, 0.25) is 0 Å². The van der Waals surface area contributed by atoms with Gasteiger partial charge in [-0.1, -0.05) is 13.8 Å². The molecular formula is C20H31N3O. The molecule has 1 aromatic heterocycles. The van der Waals surface area contributed by atoms with E-state index in [1.165, 1.54) is 37.8 Å². The van der Waals surface area contributed by atoms with E-state index < -0.39 is 0 Å². The van der Waals surface area contributed by atoms with Gasteiger partial charge >= 0.3 is 0 Å². The lowest BCUT2D eigenvalue weighted by molar-refractivity contribution is 0.0602. The van der Waals surface area contributed by atoms with Crippen molar-refractivity contribution in [1.29, 1.82) is 0 Å². The highest BCUT2D eigenvalue weighted by molar-refractivity contribution is 5.92. The first kappa shape index (κ1) is 17.2. The number of carbonyl (C=O) groups is 1. The van der Waals surface area contributed by atoms with E-state index >= 15 is 0 Å². The molecule has 0 spiro atoms. The summed E-state index contributed by atoms with van der Waals surface area (Å²) in [5.41, 5.74) is 1.77. The lowest BCUT2D eigenvalue weighted by atomic mass is 9.99. The number of aromatic nitrogens is 1. The maximum Gasteiger partial charge on any atom is 0.272 e. The molecule has 3 heterocycles. The number of hydrogen-bond acceptors (Lipinski definition) is 3. The molecule has 1 amide bonds. The van der Waals surface area contributed by atoms with Crippen LogP contribution < -0.4 is 4.90 Å². The maximum absolute atomic E-state index is 12.8. The molecular weight excluding hydrogens is 298 g/mol. The Morgan fingerprint density at radius 2 is 1.75 bits per heavy atom. The Balaban J connectivity index is 1.72. The Morgan fingerprint density at radius 1 is 1.04 bits per heavy atom. The Morgan fingerprint density at radius 3 is 2.42 bits per heavy atom. The van der Waals surface area contributed by atoms with Crippen LogP contribution in [0.1, 0.15) is 75.7 Å². The minimum absolute atomic E-state index is 0.110. The summed E-state index contributed by atoms with van der Waals surface area (Å²) in [6.45, 7) is 6.42. The molecule has 2 atom stereocenters. The smallest absolute Gasteiger partial charge is 0.272 e. The fourth-order valence-electron chi connectivity index (χ4n) is 4.29. The fraction of sp³-hybridized carbons (Fsp3) is 0.700. The molecule has 2 saturated heterocycles. The lowest BCUT2D eigenvalue weighted by Gasteiger charge is -2.37. The number of amides is 1. The normalized spacial score (nSPS) is 24.9. The van der Waals surface area contributed by atoms with E-state index in [4.69, 9.17) is 0 Å². The number of nitrogens with zero attached hydrogens (tertiary/aromatic N) is 3. The summed E-state index contributed by atoms with van der Waals surface area (Å²) in [6.07, 6.45) is 11.5. The summed E-state index contributed by atoms with van der Waals surface area (Å²) in [6, 6.07) is 5.03. The summed E-state index contributed by atoms with van der Waals surface area (Å²) in [7, 11) is 0. The molecule has 2 fully saturated rings. The molecule has 1 aromatic rings. The van der Waals surface area contributed by atoms with Gasteiger partial charge < -0.3 is 9.80 Å².